The van der Waals surface area contributed by atoms with Crippen LogP contribution in [0.4, 0.5) is 0 Å². The summed E-state index contributed by atoms with van der Waals surface area (Å²) in [6, 6.07) is 0. The number of hydrogen-bond donors (Lipinski definition) is 1. The minimum absolute atomic E-state index is 0.103. The summed E-state index contributed by atoms with van der Waals surface area (Å²) in [5.74, 6) is 0.103. The Kier molecular flexibility index (Phi) is 3.05. The van der Waals surface area contributed by atoms with Crippen LogP contribution in [0.2, 0.25) is 10.2 Å². The number of nitrogens with zero attached hydrogens (tertiary/aromatic N) is 3. The van der Waals surface area contributed by atoms with Gasteiger partial charge < -0.3 is 0 Å². The number of nitrogens with one attached hydrogen (secondary N) is 1. The Morgan fingerprint density at radius 1 is 1.50 bits per heavy atom. The van der Waals surface area contributed by atoms with Gasteiger partial charge in [-0.1, -0.05) is 23.2 Å². The molecule has 0 saturated carbocycles. The lowest BCUT2D eigenvalue weighted by Crippen LogP contribution is -2.16. The maximum Gasteiger partial charge on any atom is 0.242 e. The van der Waals surface area contributed by atoms with Gasteiger partial charge in [0.1, 0.15) is 9.63 Å². The Morgan fingerprint density at radius 2 is 2.19 bits per heavy atom. The van der Waals surface area contributed by atoms with E-state index in [1.165, 1.54) is 10.9 Å². The van der Waals surface area contributed by atoms with Crippen LogP contribution in [0.1, 0.15) is 5.69 Å². The summed E-state index contributed by atoms with van der Waals surface area (Å²) in [6.45, 7) is 1.73. The van der Waals surface area contributed by atoms with Crippen LogP contribution in [0.3, 0.4) is 0 Å². The first-order valence-electron chi connectivity index (χ1n) is 4.16. The Balaban J connectivity index is 2.66. The predicted octanol–water partition coefficient (Wildman–Crippen LogP) is 2.33. The van der Waals surface area contributed by atoms with E-state index in [1.807, 2.05) is 0 Å². The maximum absolute atomic E-state index is 11.8. The molecular formula is C8H5BrCl2N4O. The molecule has 5 nitrogen and oxygen atoms in total. The van der Waals surface area contributed by atoms with Crippen molar-refractivity contribution in [2.24, 2.45) is 0 Å². The van der Waals surface area contributed by atoms with E-state index in [-0.39, 0.29) is 20.9 Å². The molecule has 0 aliphatic heterocycles. The Morgan fingerprint density at radius 3 is 2.75 bits per heavy atom. The van der Waals surface area contributed by atoms with Crippen LogP contribution < -0.4 is 5.43 Å². The Labute approximate surface area is 109 Å². The molecule has 2 heterocycles. The number of aromatic nitrogens is 4. The molecule has 0 aromatic carbocycles. The SMILES string of the molecule is Cc1nn(-c2n[nH]c(Cl)c(Br)c2=O)cc1Cl. The maximum atomic E-state index is 11.8. The van der Waals surface area contributed by atoms with Crippen LogP contribution in [0.5, 0.6) is 0 Å². The fourth-order valence-corrected chi connectivity index (χ4v) is 1.63. The second-order valence-corrected chi connectivity index (χ2v) is 4.59. The Hall–Kier alpha value is -0.850. The van der Waals surface area contributed by atoms with Crippen molar-refractivity contribution < 1.29 is 0 Å². The quantitative estimate of drug-likeness (QED) is 0.876. The van der Waals surface area contributed by atoms with E-state index in [2.05, 4.69) is 31.2 Å². The predicted molar refractivity (Wildman–Crippen MR) is 64.4 cm³/mol. The molecule has 0 unspecified atom stereocenters. The molecule has 8 heteroatoms. The molecule has 0 spiro atoms. The fourth-order valence-electron chi connectivity index (χ4n) is 1.10. The third-order valence-corrected chi connectivity index (χ3v) is 3.54. The molecular weight excluding hydrogens is 319 g/mol. The third kappa shape index (κ3) is 1.88. The molecule has 2 aromatic heterocycles. The van der Waals surface area contributed by atoms with Crippen molar-refractivity contribution in [1.29, 1.82) is 0 Å². The fraction of sp³-hybridized carbons (Fsp3) is 0.125. The lowest BCUT2D eigenvalue weighted by atomic mass is 10.5. The van der Waals surface area contributed by atoms with Crippen LogP contribution in [0.25, 0.3) is 5.82 Å². The van der Waals surface area contributed by atoms with E-state index in [4.69, 9.17) is 23.2 Å². The molecule has 2 aromatic rings. The first-order chi connectivity index (χ1) is 7.50. The summed E-state index contributed by atoms with van der Waals surface area (Å²) in [4.78, 5) is 11.8. The second kappa shape index (κ2) is 4.20. The van der Waals surface area contributed by atoms with Crippen molar-refractivity contribution in [3.05, 3.63) is 36.8 Å². The van der Waals surface area contributed by atoms with Crippen molar-refractivity contribution in [1.82, 2.24) is 20.0 Å². The molecule has 0 aliphatic rings. The number of aryl methyl sites for hydroxylation is 1. The number of H-pyrrole nitrogens is 1. The van der Waals surface area contributed by atoms with Crippen LogP contribution in [-0.4, -0.2) is 20.0 Å². The molecule has 2 rings (SSSR count). The lowest BCUT2D eigenvalue weighted by Gasteiger charge is -2.00. The zero-order valence-electron chi connectivity index (χ0n) is 7.96. The summed E-state index contributed by atoms with van der Waals surface area (Å²) >= 11 is 14.6. The van der Waals surface area contributed by atoms with E-state index in [0.29, 0.717) is 10.7 Å². The highest BCUT2D eigenvalue weighted by Crippen LogP contribution is 2.17. The zero-order chi connectivity index (χ0) is 11.9. The van der Waals surface area contributed by atoms with Gasteiger partial charge in [-0.05, 0) is 22.9 Å². The summed E-state index contributed by atoms with van der Waals surface area (Å²) in [7, 11) is 0. The van der Waals surface area contributed by atoms with Crippen molar-refractivity contribution >= 4 is 39.1 Å². The van der Waals surface area contributed by atoms with E-state index < -0.39 is 0 Å². The standard InChI is InChI=1S/C8H5BrCl2N4O/c1-3-4(10)2-15(14-3)8-6(16)5(9)7(11)12-13-8/h2H,1H3,(H,12,16). The molecule has 0 amide bonds. The molecule has 0 saturated heterocycles. The molecule has 0 radical (unpaired) electrons. The van der Waals surface area contributed by atoms with Gasteiger partial charge in [0.2, 0.25) is 11.2 Å². The number of halogens is 3. The molecule has 84 valence electrons. The minimum atomic E-state index is -0.358. The lowest BCUT2D eigenvalue weighted by molar-refractivity contribution is 0.792. The molecule has 0 bridgehead atoms. The molecule has 0 fully saturated rings. The van der Waals surface area contributed by atoms with Gasteiger partial charge in [0.05, 0.1) is 16.9 Å². The van der Waals surface area contributed by atoms with E-state index >= 15 is 0 Å². The van der Waals surface area contributed by atoms with E-state index in [1.54, 1.807) is 6.92 Å². The smallest absolute Gasteiger partial charge is 0.242 e. The average Bonchev–Trinajstić information content (AvgIpc) is 2.56. The average molecular weight is 324 g/mol. The highest BCUT2D eigenvalue weighted by atomic mass is 79.9. The van der Waals surface area contributed by atoms with Crippen LogP contribution in [-0.2, 0) is 0 Å². The van der Waals surface area contributed by atoms with Crippen LogP contribution in [0, 0.1) is 6.92 Å². The van der Waals surface area contributed by atoms with Gasteiger partial charge in [-0.15, -0.1) is 0 Å². The number of aromatic amines is 1. The normalized spacial score (nSPS) is 10.8. The van der Waals surface area contributed by atoms with Crippen molar-refractivity contribution in [3.8, 4) is 5.82 Å². The first-order valence-corrected chi connectivity index (χ1v) is 5.71. The largest absolute Gasteiger partial charge is 0.284 e. The highest BCUT2D eigenvalue weighted by molar-refractivity contribution is 9.10. The Bertz CT molecular complexity index is 587. The summed E-state index contributed by atoms with van der Waals surface area (Å²) < 4.78 is 1.51. The zero-order valence-corrected chi connectivity index (χ0v) is 11.1. The van der Waals surface area contributed by atoms with E-state index in [0.717, 1.165) is 0 Å². The second-order valence-electron chi connectivity index (χ2n) is 3.01. The third-order valence-electron chi connectivity index (χ3n) is 1.91. The summed E-state index contributed by atoms with van der Waals surface area (Å²) in [6.07, 6.45) is 1.51. The van der Waals surface area contributed by atoms with Gasteiger partial charge in [-0.3, -0.25) is 9.89 Å². The van der Waals surface area contributed by atoms with Crippen LogP contribution >= 0.6 is 39.1 Å². The summed E-state index contributed by atoms with van der Waals surface area (Å²) in [5, 5.41) is 11.0. The van der Waals surface area contributed by atoms with Crippen molar-refractivity contribution in [3.63, 3.8) is 0 Å². The molecule has 0 atom stereocenters. The number of rotatable bonds is 1. The number of hydrogen-bond acceptors (Lipinski definition) is 3. The highest BCUT2D eigenvalue weighted by Gasteiger charge is 2.13. The van der Waals surface area contributed by atoms with Gasteiger partial charge in [0, 0.05) is 0 Å². The van der Waals surface area contributed by atoms with Gasteiger partial charge in [-0.2, -0.15) is 10.2 Å². The van der Waals surface area contributed by atoms with Gasteiger partial charge in [-0.25, -0.2) is 4.68 Å². The van der Waals surface area contributed by atoms with Gasteiger partial charge in [0.15, 0.2) is 0 Å². The summed E-state index contributed by atoms with van der Waals surface area (Å²) in [5.41, 5.74) is 0.261. The van der Waals surface area contributed by atoms with E-state index in [9.17, 15) is 4.79 Å². The first kappa shape index (κ1) is 11.6. The van der Waals surface area contributed by atoms with Crippen molar-refractivity contribution in [2.75, 3.05) is 0 Å². The van der Waals surface area contributed by atoms with Gasteiger partial charge >= 0.3 is 0 Å². The molecule has 16 heavy (non-hydrogen) atoms. The minimum Gasteiger partial charge on any atom is -0.284 e. The topological polar surface area (TPSA) is 63.6 Å². The molecule has 1 N–H and O–H groups in total. The monoisotopic (exact) mass is 322 g/mol. The van der Waals surface area contributed by atoms with Gasteiger partial charge in [0.25, 0.3) is 0 Å². The molecule has 0 aliphatic carbocycles. The van der Waals surface area contributed by atoms with Crippen molar-refractivity contribution in [2.45, 2.75) is 6.92 Å². The van der Waals surface area contributed by atoms with Crippen LogP contribution in [0.15, 0.2) is 15.5 Å².